The van der Waals surface area contributed by atoms with Gasteiger partial charge in [0.15, 0.2) is 0 Å². The van der Waals surface area contributed by atoms with Crippen molar-refractivity contribution in [3.8, 4) is 0 Å². The number of hydrogen-bond donors (Lipinski definition) is 2. The minimum absolute atomic E-state index is 0.105. The van der Waals surface area contributed by atoms with Crippen molar-refractivity contribution in [1.29, 1.82) is 0 Å². The largest absolute Gasteiger partial charge is 0.390 e. The standard InChI is InChI=1S/C13H19NO4S/c1-18-9-12(15)8-10-2-6-13(7-3-10)19(16,17)14-11-4-5-11/h2-3,6-7,11-12,14-15H,4-5,8-9H2,1H3. The lowest BCUT2D eigenvalue weighted by atomic mass is 10.1. The topological polar surface area (TPSA) is 75.6 Å². The molecule has 2 N–H and O–H groups in total. The van der Waals surface area contributed by atoms with E-state index in [2.05, 4.69) is 4.72 Å². The van der Waals surface area contributed by atoms with Gasteiger partial charge >= 0.3 is 0 Å². The smallest absolute Gasteiger partial charge is 0.240 e. The van der Waals surface area contributed by atoms with E-state index in [1.54, 1.807) is 24.3 Å². The molecule has 0 saturated heterocycles. The molecule has 1 aromatic rings. The van der Waals surface area contributed by atoms with Crippen LogP contribution in [0.1, 0.15) is 18.4 Å². The number of aliphatic hydroxyl groups excluding tert-OH is 1. The van der Waals surface area contributed by atoms with Crippen LogP contribution in [0.25, 0.3) is 0 Å². The molecule has 1 saturated carbocycles. The highest BCUT2D eigenvalue weighted by atomic mass is 32.2. The second-order valence-electron chi connectivity index (χ2n) is 4.85. The highest BCUT2D eigenvalue weighted by molar-refractivity contribution is 7.89. The van der Waals surface area contributed by atoms with Crippen molar-refractivity contribution < 1.29 is 18.3 Å². The molecule has 1 aliphatic rings. The second-order valence-corrected chi connectivity index (χ2v) is 6.57. The van der Waals surface area contributed by atoms with Gasteiger partial charge in [-0.3, -0.25) is 0 Å². The SMILES string of the molecule is COCC(O)Cc1ccc(S(=O)(=O)NC2CC2)cc1. The Bertz CT molecular complexity index is 508. The van der Waals surface area contributed by atoms with Crippen LogP contribution in [0.5, 0.6) is 0 Å². The summed E-state index contributed by atoms with van der Waals surface area (Å²) in [6.07, 6.45) is 1.71. The third kappa shape index (κ3) is 4.28. The van der Waals surface area contributed by atoms with Crippen LogP contribution in [0.4, 0.5) is 0 Å². The van der Waals surface area contributed by atoms with Crippen molar-refractivity contribution in [1.82, 2.24) is 4.72 Å². The van der Waals surface area contributed by atoms with Crippen LogP contribution in [-0.2, 0) is 21.2 Å². The Balaban J connectivity index is 2.01. The summed E-state index contributed by atoms with van der Waals surface area (Å²) in [6, 6.07) is 6.69. The van der Waals surface area contributed by atoms with Crippen LogP contribution in [0.15, 0.2) is 29.2 Å². The molecule has 5 nitrogen and oxygen atoms in total. The maximum Gasteiger partial charge on any atom is 0.240 e. The number of ether oxygens (including phenoxy) is 1. The quantitative estimate of drug-likeness (QED) is 0.772. The monoisotopic (exact) mass is 285 g/mol. The van der Waals surface area contributed by atoms with E-state index in [1.807, 2.05) is 0 Å². The zero-order valence-electron chi connectivity index (χ0n) is 10.9. The van der Waals surface area contributed by atoms with Gasteiger partial charge in [-0.1, -0.05) is 12.1 Å². The van der Waals surface area contributed by atoms with E-state index in [4.69, 9.17) is 4.74 Å². The van der Waals surface area contributed by atoms with Crippen molar-refractivity contribution in [3.63, 3.8) is 0 Å². The highest BCUT2D eigenvalue weighted by Gasteiger charge is 2.27. The minimum atomic E-state index is -3.39. The normalized spacial score (nSPS) is 17.4. The summed E-state index contributed by atoms with van der Waals surface area (Å²) in [6.45, 7) is 0.267. The first-order chi connectivity index (χ1) is 9.01. The predicted octanol–water partition coefficient (Wildman–Crippen LogP) is 0.677. The van der Waals surface area contributed by atoms with E-state index < -0.39 is 16.1 Å². The summed E-state index contributed by atoms with van der Waals surface area (Å²) in [7, 11) is -1.86. The fourth-order valence-electron chi connectivity index (χ4n) is 1.82. The van der Waals surface area contributed by atoms with Crippen LogP contribution in [0.3, 0.4) is 0 Å². The molecule has 1 unspecified atom stereocenters. The van der Waals surface area contributed by atoms with Gasteiger partial charge in [0.2, 0.25) is 10.0 Å². The first-order valence-electron chi connectivity index (χ1n) is 6.29. The van der Waals surface area contributed by atoms with E-state index in [-0.39, 0.29) is 17.5 Å². The van der Waals surface area contributed by atoms with Crippen molar-refractivity contribution in [2.45, 2.75) is 36.3 Å². The van der Waals surface area contributed by atoms with E-state index in [9.17, 15) is 13.5 Å². The third-order valence-electron chi connectivity index (χ3n) is 2.96. The molecule has 0 aromatic heterocycles. The molecule has 0 heterocycles. The highest BCUT2D eigenvalue weighted by Crippen LogP contribution is 2.22. The van der Waals surface area contributed by atoms with Gasteiger partial charge in [-0.2, -0.15) is 0 Å². The van der Waals surface area contributed by atoms with Crippen molar-refractivity contribution in [3.05, 3.63) is 29.8 Å². The minimum Gasteiger partial charge on any atom is -0.390 e. The number of benzene rings is 1. The number of nitrogens with one attached hydrogen (secondary N) is 1. The van der Waals surface area contributed by atoms with Crippen LogP contribution >= 0.6 is 0 Å². The van der Waals surface area contributed by atoms with Gasteiger partial charge in [-0.05, 0) is 30.5 Å². The molecule has 0 bridgehead atoms. The van der Waals surface area contributed by atoms with Gasteiger partial charge < -0.3 is 9.84 Å². The van der Waals surface area contributed by atoms with Crippen LogP contribution < -0.4 is 4.72 Å². The van der Waals surface area contributed by atoms with E-state index in [0.29, 0.717) is 6.42 Å². The third-order valence-corrected chi connectivity index (χ3v) is 4.50. The summed E-state index contributed by atoms with van der Waals surface area (Å²) < 4.78 is 31.4. The molecule has 0 aliphatic heterocycles. The molecule has 19 heavy (non-hydrogen) atoms. The summed E-state index contributed by atoms with van der Waals surface area (Å²) in [5, 5.41) is 9.60. The van der Waals surface area contributed by atoms with Gasteiger partial charge in [0.1, 0.15) is 0 Å². The fraction of sp³-hybridized carbons (Fsp3) is 0.538. The van der Waals surface area contributed by atoms with Crippen molar-refractivity contribution >= 4 is 10.0 Å². The summed E-state index contributed by atoms with van der Waals surface area (Å²) in [5.41, 5.74) is 0.884. The Morgan fingerprint density at radius 1 is 1.37 bits per heavy atom. The lowest BCUT2D eigenvalue weighted by Gasteiger charge is -2.10. The van der Waals surface area contributed by atoms with Gasteiger partial charge in [-0.25, -0.2) is 13.1 Å². The molecular formula is C13H19NO4S. The maximum atomic E-state index is 11.9. The summed E-state index contributed by atoms with van der Waals surface area (Å²) in [5.74, 6) is 0. The van der Waals surface area contributed by atoms with Crippen molar-refractivity contribution in [2.24, 2.45) is 0 Å². The maximum absolute atomic E-state index is 11.9. The van der Waals surface area contributed by atoms with Crippen LogP contribution in [0, 0.1) is 0 Å². The fourth-order valence-corrected chi connectivity index (χ4v) is 3.12. The zero-order chi connectivity index (χ0) is 13.9. The van der Waals surface area contributed by atoms with Gasteiger partial charge in [0, 0.05) is 19.6 Å². The lowest BCUT2D eigenvalue weighted by molar-refractivity contribution is 0.0650. The molecular weight excluding hydrogens is 266 g/mol. The predicted molar refractivity (Wildman–Crippen MR) is 71.4 cm³/mol. The average Bonchev–Trinajstić information content (AvgIpc) is 3.13. The second kappa shape index (κ2) is 6.00. The van der Waals surface area contributed by atoms with Crippen molar-refractivity contribution in [2.75, 3.05) is 13.7 Å². The molecule has 2 rings (SSSR count). The van der Waals surface area contributed by atoms with Gasteiger partial charge in [-0.15, -0.1) is 0 Å². The average molecular weight is 285 g/mol. The summed E-state index contributed by atoms with van der Waals surface area (Å²) >= 11 is 0. The summed E-state index contributed by atoms with van der Waals surface area (Å²) in [4.78, 5) is 0.268. The molecule has 0 spiro atoms. The number of methoxy groups -OCH3 is 1. The Morgan fingerprint density at radius 2 is 2.00 bits per heavy atom. The lowest BCUT2D eigenvalue weighted by Crippen LogP contribution is -2.25. The Hall–Kier alpha value is -0.950. The molecule has 1 atom stereocenters. The van der Waals surface area contributed by atoms with E-state index >= 15 is 0 Å². The molecule has 6 heteroatoms. The number of aliphatic hydroxyl groups is 1. The van der Waals surface area contributed by atoms with E-state index in [0.717, 1.165) is 18.4 Å². The molecule has 0 radical (unpaired) electrons. The van der Waals surface area contributed by atoms with Crippen LogP contribution in [0.2, 0.25) is 0 Å². The van der Waals surface area contributed by atoms with Gasteiger partial charge in [0.05, 0.1) is 17.6 Å². The molecule has 1 aliphatic carbocycles. The van der Waals surface area contributed by atoms with Crippen LogP contribution in [-0.4, -0.2) is 39.4 Å². The first-order valence-corrected chi connectivity index (χ1v) is 7.78. The number of rotatable bonds is 7. The molecule has 106 valence electrons. The number of sulfonamides is 1. The Kier molecular flexibility index (Phi) is 4.57. The molecule has 0 amide bonds. The number of hydrogen-bond acceptors (Lipinski definition) is 4. The Morgan fingerprint density at radius 3 is 2.53 bits per heavy atom. The van der Waals surface area contributed by atoms with Gasteiger partial charge in [0.25, 0.3) is 0 Å². The Labute approximate surface area is 113 Å². The van der Waals surface area contributed by atoms with E-state index in [1.165, 1.54) is 7.11 Å². The molecule has 1 aromatic carbocycles. The zero-order valence-corrected chi connectivity index (χ0v) is 11.7. The molecule has 1 fully saturated rings. The first kappa shape index (κ1) is 14.5.